The highest BCUT2D eigenvalue weighted by Gasteiger charge is 2.37. The molecule has 0 saturated carbocycles. The smallest absolute Gasteiger partial charge is 0.329 e. The molecule has 2 heterocycles. The summed E-state index contributed by atoms with van der Waals surface area (Å²) in [5.41, 5.74) is 3.34. The van der Waals surface area contributed by atoms with Gasteiger partial charge in [0.2, 0.25) is 0 Å². The maximum Gasteiger partial charge on any atom is 0.329 e. The molecule has 1 aliphatic heterocycles. The predicted molar refractivity (Wildman–Crippen MR) is 117 cm³/mol. The number of rotatable bonds is 4. The van der Waals surface area contributed by atoms with Crippen molar-refractivity contribution in [3.63, 3.8) is 0 Å². The number of esters is 1. The Hall–Kier alpha value is -2.66. The fourth-order valence-corrected chi connectivity index (χ4v) is 4.82. The van der Waals surface area contributed by atoms with Crippen LogP contribution in [0.25, 0.3) is 21.2 Å². The number of fused-ring (bicyclic) bond motifs is 2. The van der Waals surface area contributed by atoms with Crippen molar-refractivity contribution in [1.29, 1.82) is 0 Å². The Morgan fingerprint density at radius 3 is 2.66 bits per heavy atom. The molecule has 0 unspecified atom stereocenters. The molecule has 29 heavy (non-hydrogen) atoms. The summed E-state index contributed by atoms with van der Waals surface area (Å²) in [6.45, 7) is 7.87. The fourth-order valence-electron chi connectivity index (χ4n) is 3.85. The number of benzene rings is 2. The number of carbonyl (C=O) groups excluding carboxylic acids is 2. The van der Waals surface area contributed by atoms with E-state index in [4.69, 9.17) is 4.74 Å². The normalized spacial score (nSPS) is 14.9. The first-order valence-corrected chi connectivity index (χ1v) is 10.8. The summed E-state index contributed by atoms with van der Waals surface area (Å²) in [7, 11) is 0. The Morgan fingerprint density at radius 2 is 1.93 bits per heavy atom. The molecule has 150 valence electrons. The number of amides is 1. The van der Waals surface area contributed by atoms with E-state index in [2.05, 4.69) is 23.6 Å². The van der Waals surface area contributed by atoms with Crippen LogP contribution in [0.3, 0.4) is 0 Å². The van der Waals surface area contributed by atoms with Crippen molar-refractivity contribution in [2.45, 2.75) is 52.3 Å². The Balaban J connectivity index is 1.64. The maximum absolute atomic E-state index is 13.0. The summed E-state index contributed by atoms with van der Waals surface area (Å²) in [5, 5.41) is 3.38. The van der Waals surface area contributed by atoms with Crippen molar-refractivity contribution in [1.82, 2.24) is 4.90 Å². The summed E-state index contributed by atoms with van der Waals surface area (Å²) < 4.78 is 6.80. The zero-order valence-corrected chi connectivity index (χ0v) is 18.0. The summed E-state index contributed by atoms with van der Waals surface area (Å²) in [4.78, 5) is 27.3. The third-order valence-corrected chi connectivity index (χ3v) is 6.13. The summed E-state index contributed by atoms with van der Waals surface area (Å²) in [6.07, 6.45) is 0.524. The molecule has 1 amide bonds. The summed E-state index contributed by atoms with van der Waals surface area (Å²) >= 11 is 1.72. The second kappa shape index (κ2) is 7.30. The van der Waals surface area contributed by atoms with Crippen molar-refractivity contribution >= 4 is 33.3 Å². The molecule has 2 aromatic carbocycles. The number of thiophene rings is 1. The first-order valence-electron chi connectivity index (χ1n) is 9.92. The van der Waals surface area contributed by atoms with E-state index in [0.717, 1.165) is 11.1 Å². The largest absolute Gasteiger partial charge is 0.458 e. The molecule has 0 fully saturated rings. The second-order valence-corrected chi connectivity index (χ2v) is 9.32. The minimum atomic E-state index is -0.576. The quantitative estimate of drug-likeness (QED) is 0.526. The topological polar surface area (TPSA) is 46.6 Å². The fraction of sp³-hybridized carbons (Fsp3) is 0.333. The van der Waals surface area contributed by atoms with E-state index in [1.54, 1.807) is 16.2 Å². The van der Waals surface area contributed by atoms with Gasteiger partial charge in [0.15, 0.2) is 0 Å². The number of hydrogen-bond acceptors (Lipinski definition) is 4. The van der Waals surface area contributed by atoms with Crippen LogP contribution in [0.15, 0.2) is 47.8 Å². The first kappa shape index (κ1) is 19.6. The lowest BCUT2D eigenvalue weighted by Crippen LogP contribution is -2.44. The van der Waals surface area contributed by atoms with Crippen molar-refractivity contribution in [2.24, 2.45) is 0 Å². The highest BCUT2D eigenvalue weighted by atomic mass is 32.1. The Bertz CT molecular complexity index is 1090. The molecule has 0 bridgehead atoms. The third-order valence-electron chi connectivity index (χ3n) is 5.17. The molecule has 1 aliphatic rings. The van der Waals surface area contributed by atoms with Crippen LogP contribution in [0.4, 0.5) is 0 Å². The molecule has 4 nitrogen and oxygen atoms in total. The van der Waals surface area contributed by atoms with Gasteiger partial charge in [-0.2, -0.15) is 0 Å². The minimum absolute atomic E-state index is 0.0977. The van der Waals surface area contributed by atoms with Gasteiger partial charge < -0.3 is 9.64 Å². The van der Waals surface area contributed by atoms with Crippen LogP contribution in [0.5, 0.6) is 0 Å². The van der Waals surface area contributed by atoms with Gasteiger partial charge in [-0.3, -0.25) is 4.79 Å². The van der Waals surface area contributed by atoms with Crippen LogP contribution in [0.2, 0.25) is 0 Å². The van der Waals surface area contributed by atoms with Gasteiger partial charge in [-0.15, -0.1) is 11.3 Å². The number of hydrogen-bond donors (Lipinski definition) is 0. The van der Waals surface area contributed by atoms with Crippen LogP contribution < -0.4 is 0 Å². The van der Waals surface area contributed by atoms with Crippen LogP contribution in [-0.4, -0.2) is 28.4 Å². The molecule has 1 aromatic heterocycles. The lowest BCUT2D eigenvalue weighted by Gasteiger charge is -2.29. The molecule has 0 N–H and O–H groups in total. The van der Waals surface area contributed by atoms with Crippen LogP contribution >= 0.6 is 11.3 Å². The monoisotopic (exact) mass is 407 g/mol. The lowest BCUT2D eigenvalue weighted by atomic mass is 10.00. The van der Waals surface area contributed by atoms with Crippen molar-refractivity contribution < 1.29 is 14.3 Å². The van der Waals surface area contributed by atoms with E-state index in [-0.39, 0.29) is 11.9 Å². The van der Waals surface area contributed by atoms with E-state index in [9.17, 15) is 9.59 Å². The van der Waals surface area contributed by atoms with Gasteiger partial charge in [-0.05, 0) is 61.9 Å². The van der Waals surface area contributed by atoms with Gasteiger partial charge in [0.05, 0.1) is 0 Å². The number of carbonyl (C=O) groups is 2. The molecule has 1 atom stereocenters. The average molecular weight is 408 g/mol. The van der Waals surface area contributed by atoms with Crippen LogP contribution in [0, 0.1) is 0 Å². The molecule has 4 rings (SSSR count). The van der Waals surface area contributed by atoms with Gasteiger partial charge in [0.25, 0.3) is 5.91 Å². The Morgan fingerprint density at radius 1 is 1.17 bits per heavy atom. The third kappa shape index (κ3) is 3.67. The van der Waals surface area contributed by atoms with Gasteiger partial charge in [0.1, 0.15) is 11.6 Å². The van der Waals surface area contributed by atoms with E-state index in [0.29, 0.717) is 18.5 Å². The highest BCUT2D eigenvalue weighted by molar-refractivity contribution is 7.17. The SMILES string of the molecule is CC[C@@H](C(=O)OC(C)(C)C)N1Cc2cc(-c3csc4ccccc34)ccc2C1=O. The summed E-state index contributed by atoms with van der Waals surface area (Å²) in [6, 6.07) is 13.7. The zero-order chi connectivity index (χ0) is 20.8. The second-order valence-electron chi connectivity index (χ2n) is 8.41. The van der Waals surface area contributed by atoms with E-state index in [1.165, 1.54) is 15.6 Å². The van der Waals surface area contributed by atoms with Crippen LogP contribution in [-0.2, 0) is 16.1 Å². The zero-order valence-electron chi connectivity index (χ0n) is 17.2. The van der Waals surface area contributed by atoms with Gasteiger partial charge in [-0.1, -0.05) is 31.2 Å². The minimum Gasteiger partial charge on any atom is -0.458 e. The standard InChI is InChI=1S/C24H25NO3S/c1-5-20(23(27)28-24(2,3)4)25-13-16-12-15(10-11-17(16)22(25)26)19-14-29-21-9-7-6-8-18(19)21/h6-12,14,20H,5,13H2,1-4H3/t20-/m0/s1. The Kier molecular flexibility index (Phi) is 4.95. The Labute approximate surface area is 175 Å². The van der Waals surface area contributed by atoms with E-state index < -0.39 is 11.6 Å². The van der Waals surface area contributed by atoms with Gasteiger partial charge >= 0.3 is 5.97 Å². The van der Waals surface area contributed by atoms with Crippen LogP contribution in [0.1, 0.15) is 50.0 Å². The molecule has 3 aromatic rings. The van der Waals surface area contributed by atoms with Crippen molar-refractivity contribution in [3.05, 3.63) is 59.0 Å². The molecular formula is C24H25NO3S. The van der Waals surface area contributed by atoms with Crippen molar-refractivity contribution in [2.75, 3.05) is 0 Å². The number of ether oxygens (including phenoxy) is 1. The molecule has 5 heteroatoms. The first-order chi connectivity index (χ1) is 13.8. The predicted octanol–water partition coefficient (Wildman–Crippen LogP) is 5.64. The maximum atomic E-state index is 13.0. The molecular weight excluding hydrogens is 382 g/mol. The van der Waals surface area contributed by atoms with E-state index in [1.807, 2.05) is 52.0 Å². The van der Waals surface area contributed by atoms with Gasteiger partial charge in [-0.25, -0.2) is 4.79 Å². The molecule has 0 spiro atoms. The number of nitrogens with zero attached hydrogens (tertiary/aromatic N) is 1. The molecule has 0 radical (unpaired) electrons. The highest BCUT2D eigenvalue weighted by Crippen LogP contribution is 2.36. The molecule has 0 saturated heterocycles. The summed E-state index contributed by atoms with van der Waals surface area (Å²) in [5.74, 6) is -0.440. The van der Waals surface area contributed by atoms with Crippen molar-refractivity contribution in [3.8, 4) is 11.1 Å². The lowest BCUT2D eigenvalue weighted by molar-refractivity contribution is -0.160. The van der Waals surface area contributed by atoms with Gasteiger partial charge in [0, 0.05) is 27.8 Å². The molecule has 0 aliphatic carbocycles. The van der Waals surface area contributed by atoms with E-state index >= 15 is 0 Å². The average Bonchev–Trinajstić information content (AvgIpc) is 3.22.